The third kappa shape index (κ3) is 2.31. The van der Waals surface area contributed by atoms with Crippen LogP contribution in [0.4, 0.5) is 0 Å². The average Bonchev–Trinajstić information content (AvgIpc) is 2.49. The summed E-state index contributed by atoms with van der Waals surface area (Å²) in [5, 5.41) is 4.56. The number of thioether (sulfide) groups is 1. The van der Waals surface area contributed by atoms with Crippen LogP contribution in [0.15, 0.2) is 4.99 Å². The molecule has 0 spiro atoms. The van der Waals surface area contributed by atoms with Crippen LogP contribution in [0.3, 0.4) is 0 Å². The summed E-state index contributed by atoms with van der Waals surface area (Å²) in [4.78, 5) is 7.07. The maximum atomic E-state index is 4.72. The van der Waals surface area contributed by atoms with Crippen molar-refractivity contribution in [1.29, 1.82) is 0 Å². The number of rotatable bonds is 3. The third-order valence-corrected chi connectivity index (χ3v) is 4.78. The first-order valence-electron chi connectivity index (χ1n) is 5.74. The molecule has 86 valence electrons. The second kappa shape index (κ2) is 4.34. The number of amidine groups is 1. The van der Waals surface area contributed by atoms with Gasteiger partial charge in [0.25, 0.3) is 0 Å². The molecule has 1 N–H and O–H groups in total. The summed E-state index contributed by atoms with van der Waals surface area (Å²) in [6.45, 7) is 3.17. The van der Waals surface area contributed by atoms with Gasteiger partial charge in [0.15, 0.2) is 5.17 Å². The lowest BCUT2D eigenvalue weighted by Gasteiger charge is -2.46. The molecule has 1 saturated carbocycles. The fourth-order valence-corrected chi connectivity index (χ4v) is 3.07. The lowest BCUT2D eigenvalue weighted by molar-refractivity contribution is 0.0700. The van der Waals surface area contributed by atoms with Gasteiger partial charge < -0.3 is 10.2 Å². The van der Waals surface area contributed by atoms with Crippen molar-refractivity contribution in [3.63, 3.8) is 0 Å². The van der Waals surface area contributed by atoms with Crippen molar-refractivity contribution in [3.05, 3.63) is 0 Å². The molecule has 0 aromatic rings. The molecular weight excluding hydrogens is 206 g/mol. The van der Waals surface area contributed by atoms with Gasteiger partial charge in [-0.05, 0) is 40.3 Å². The number of aliphatic imine (C=N–C) groups is 1. The summed E-state index contributed by atoms with van der Waals surface area (Å²) in [5.74, 6) is 1.16. The van der Waals surface area contributed by atoms with E-state index in [2.05, 4.69) is 31.2 Å². The molecule has 0 aromatic carbocycles. The minimum absolute atomic E-state index is 0.362. The van der Waals surface area contributed by atoms with Gasteiger partial charge in [0, 0.05) is 17.3 Å². The van der Waals surface area contributed by atoms with Gasteiger partial charge in [0.05, 0.1) is 6.54 Å². The maximum absolute atomic E-state index is 4.72. The monoisotopic (exact) mass is 227 g/mol. The number of nitrogens with zero attached hydrogens (tertiary/aromatic N) is 2. The van der Waals surface area contributed by atoms with Gasteiger partial charge in [0.2, 0.25) is 0 Å². The average molecular weight is 227 g/mol. The van der Waals surface area contributed by atoms with Crippen LogP contribution in [0.5, 0.6) is 0 Å². The van der Waals surface area contributed by atoms with Gasteiger partial charge in [-0.1, -0.05) is 11.8 Å². The first-order valence-corrected chi connectivity index (χ1v) is 6.72. The molecule has 1 atom stereocenters. The molecule has 1 heterocycles. The van der Waals surface area contributed by atoms with Crippen molar-refractivity contribution >= 4 is 16.9 Å². The highest BCUT2D eigenvalue weighted by Crippen LogP contribution is 2.36. The number of nitrogens with one attached hydrogen (secondary N) is 1. The molecule has 4 heteroatoms. The Morgan fingerprint density at radius 2 is 2.27 bits per heavy atom. The highest BCUT2D eigenvalue weighted by Gasteiger charge is 2.39. The second-order valence-corrected chi connectivity index (χ2v) is 5.96. The molecule has 2 fully saturated rings. The minimum Gasteiger partial charge on any atom is -0.362 e. The van der Waals surface area contributed by atoms with E-state index in [1.54, 1.807) is 0 Å². The van der Waals surface area contributed by atoms with E-state index in [0.29, 0.717) is 11.6 Å². The van der Waals surface area contributed by atoms with E-state index in [4.69, 9.17) is 4.99 Å². The largest absolute Gasteiger partial charge is 0.362 e. The van der Waals surface area contributed by atoms with Crippen molar-refractivity contribution in [1.82, 2.24) is 10.2 Å². The van der Waals surface area contributed by atoms with Crippen molar-refractivity contribution in [2.45, 2.75) is 37.8 Å². The number of hydrogen-bond donors (Lipinski definition) is 1. The fraction of sp³-hybridized carbons (Fsp3) is 0.909. The molecule has 1 aliphatic carbocycles. The van der Waals surface area contributed by atoms with Crippen LogP contribution < -0.4 is 5.32 Å². The first kappa shape index (κ1) is 11.3. The van der Waals surface area contributed by atoms with Crippen molar-refractivity contribution in [3.8, 4) is 0 Å². The van der Waals surface area contributed by atoms with Gasteiger partial charge in [-0.15, -0.1) is 0 Å². The standard InChI is InChI=1S/C11H21N3S/c1-9-7-15-10(13-9)12-8-11(14(2)3)5-4-6-11/h9H,4-8H2,1-3H3,(H,12,13). The lowest BCUT2D eigenvalue weighted by atomic mass is 9.76. The van der Waals surface area contributed by atoms with E-state index in [1.165, 1.54) is 19.3 Å². The molecule has 2 aliphatic rings. The molecule has 0 amide bonds. The normalized spacial score (nSPS) is 31.7. The Kier molecular flexibility index (Phi) is 3.26. The van der Waals surface area contributed by atoms with E-state index < -0.39 is 0 Å². The molecule has 2 rings (SSSR count). The number of hydrogen-bond acceptors (Lipinski definition) is 3. The Bertz CT molecular complexity index is 259. The van der Waals surface area contributed by atoms with E-state index >= 15 is 0 Å². The zero-order valence-electron chi connectivity index (χ0n) is 9.92. The van der Waals surface area contributed by atoms with Gasteiger partial charge >= 0.3 is 0 Å². The molecular formula is C11H21N3S. The fourth-order valence-electron chi connectivity index (χ4n) is 2.14. The smallest absolute Gasteiger partial charge is 0.156 e. The summed E-state index contributed by atoms with van der Waals surface area (Å²) in [6.07, 6.45) is 3.97. The second-order valence-electron chi connectivity index (χ2n) is 4.95. The molecule has 1 saturated heterocycles. The molecule has 0 aromatic heterocycles. The van der Waals surface area contributed by atoms with Gasteiger partial charge in [-0.25, -0.2) is 0 Å². The first-order chi connectivity index (χ1) is 7.12. The van der Waals surface area contributed by atoms with Crippen LogP contribution in [0.1, 0.15) is 26.2 Å². The van der Waals surface area contributed by atoms with Gasteiger partial charge in [-0.2, -0.15) is 0 Å². The zero-order valence-corrected chi connectivity index (χ0v) is 10.7. The highest BCUT2D eigenvalue weighted by atomic mass is 32.2. The van der Waals surface area contributed by atoms with Gasteiger partial charge in [0.1, 0.15) is 0 Å². The summed E-state index contributed by atoms with van der Waals surface area (Å²) >= 11 is 1.86. The minimum atomic E-state index is 0.362. The van der Waals surface area contributed by atoms with Crippen LogP contribution >= 0.6 is 11.8 Å². The van der Waals surface area contributed by atoms with E-state index in [9.17, 15) is 0 Å². The predicted octanol–water partition coefficient (Wildman–Crippen LogP) is 1.55. The summed E-state index contributed by atoms with van der Waals surface area (Å²) < 4.78 is 0. The molecule has 1 aliphatic heterocycles. The van der Waals surface area contributed by atoms with Crippen LogP contribution in [0, 0.1) is 0 Å². The molecule has 0 bridgehead atoms. The Morgan fingerprint density at radius 3 is 2.67 bits per heavy atom. The van der Waals surface area contributed by atoms with Gasteiger partial charge in [-0.3, -0.25) is 4.99 Å². The van der Waals surface area contributed by atoms with Crippen molar-refractivity contribution in [2.75, 3.05) is 26.4 Å². The Morgan fingerprint density at radius 1 is 1.53 bits per heavy atom. The quantitative estimate of drug-likeness (QED) is 0.793. The van der Waals surface area contributed by atoms with E-state index in [0.717, 1.165) is 17.5 Å². The highest BCUT2D eigenvalue weighted by molar-refractivity contribution is 8.14. The number of likely N-dealkylation sites (N-methyl/N-ethyl adjacent to an activating group) is 1. The lowest BCUT2D eigenvalue weighted by Crippen LogP contribution is -2.52. The molecule has 0 radical (unpaired) electrons. The summed E-state index contributed by atoms with van der Waals surface area (Å²) in [6, 6.07) is 0.588. The molecule has 3 nitrogen and oxygen atoms in total. The van der Waals surface area contributed by atoms with Crippen LogP contribution in [-0.4, -0.2) is 48.0 Å². The summed E-state index contributed by atoms with van der Waals surface area (Å²) in [5.41, 5.74) is 0.362. The topological polar surface area (TPSA) is 27.6 Å². The Hall–Kier alpha value is -0.220. The van der Waals surface area contributed by atoms with Crippen LogP contribution in [0.2, 0.25) is 0 Å². The third-order valence-electron chi connectivity index (χ3n) is 3.59. The van der Waals surface area contributed by atoms with Crippen LogP contribution in [-0.2, 0) is 0 Å². The Labute approximate surface area is 96.7 Å². The summed E-state index contributed by atoms with van der Waals surface area (Å²) in [7, 11) is 4.36. The van der Waals surface area contributed by atoms with E-state index in [-0.39, 0.29) is 0 Å². The predicted molar refractivity (Wildman–Crippen MR) is 67.6 cm³/mol. The SMILES string of the molecule is CC1CSC(=NCC2(N(C)C)CCC2)N1. The zero-order chi connectivity index (χ0) is 10.9. The molecule has 15 heavy (non-hydrogen) atoms. The molecule has 1 unspecified atom stereocenters. The van der Waals surface area contributed by atoms with Crippen molar-refractivity contribution in [2.24, 2.45) is 4.99 Å². The maximum Gasteiger partial charge on any atom is 0.156 e. The van der Waals surface area contributed by atoms with Crippen molar-refractivity contribution < 1.29 is 0 Å². The van der Waals surface area contributed by atoms with Crippen LogP contribution in [0.25, 0.3) is 0 Å². The van der Waals surface area contributed by atoms with E-state index in [1.807, 2.05) is 11.8 Å². The Balaban J connectivity index is 1.91.